The van der Waals surface area contributed by atoms with Gasteiger partial charge < -0.3 is 14.4 Å². The summed E-state index contributed by atoms with van der Waals surface area (Å²) in [5.74, 6) is 0.772. The van der Waals surface area contributed by atoms with E-state index in [9.17, 15) is 4.79 Å². The van der Waals surface area contributed by atoms with Crippen LogP contribution in [0.4, 0.5) is 0 Å². The monoisotopic (exact) mass is 284 g/mol. The van der Waals surface area contributed by atoms with E-state index in [2.05, 4.69) is 15.1 Å². The first kappa shape index (κ1) is 13.4. The number of aromatic amines is 1. The van der Waals surface area contributed by atoms with Crippen molar-refractivity contribution in [2.75, 3.05) is 7.05 Å². The number of hydrogen-bond acceptors (Lipinski definition) is 4. The second-order valence-corrected chi connectivity index (χ2v) is 5.07. The van der Waals surface area contributed by atoms with Gasteiger partial charge >= 0.3 is 0 Å². The summed E-state index contributed by atoms with van der Waals surface area (Å²) in [4.78, 5) is 21.2. The van der Waals surface area contributed by atoms with Gasteiger partial charge in [-0.2, -0.15) is 0 Å². The van der Waals surface area contributed by atoms with Gasteiger partial charge in [0.1, 0.15) is 17.1 Å². The molecule has 0 fully saturated rings. The quantitative estimate of drug-likeness (QED) is 0.795. The number of carbonyl (C=O) groups excluding carboxylic acids is 1. The molecule has 0 saturated carbocycles. The standard InChI is InChI=1S/C15H16N4O2/c1-10-6-12(18-21-10)9-19(2)14(20)7-11-8-17-15-13(11)4-3-5-16-15/h3-6,8H,7,9H2,1-2H3,(H,16,17). The van der Waals surface area contributed by atoms with E-state index < -0.39 is 0 Å². The fourth-order valence-electron chi connectivity index (χ4n) is 2.28. The third-order valence-corrected chi connectivity index (χ3v) is 3.38. The summed E-state index contributed by atoms with van der Waals surface area (Å²) < 4.78 is 5.01. The smallest absolute Gasteiger partial charge is 0.227 e. The minimum Gasteiger partial charge on any atom is -0.361 e. The molecule has 0 aromatic carbocycles. The fourth-order valence-corrected chi connectivity index (χ4v) is 2.28. The van der Waals surface area contributed by atoms with Crippen molar-refractivity contribution in [1.29, 1.82) is 0 Å². The zero-order chi connectivity index (χ0) is 14.8. The molecule has 1 N–H and O–H groups in total. The molecule has 0 atom stereocenters. The lowest BCUT2D eigenvalue weighted by Crippen LogP contribution is -2.27. The van der Waals surface area contributed by atoms with E-state index in [1.54, 1.807) is 18.1 Å². The van der Waals surface area contributed by atoms with Crippen LogP contribution in [0.3, 0.4) is 0 Å². The van der Waals surface area contributed by atoms with Crippen molar-refractivity contribution in [2.45, 2.75) is 19.9 Å². The van der Waals surface area contributed by atoms with Crippen LogP contribution >= 0.6 is 0 Å². The van der Waals surface area contributed by atoms with Crippen LogP contribution in [0, 0.1) is 6.92 Å². The average Bonchev–Trinajstić information content (AvgIpc) is 3.06. The first-order valence-electron chi connectivity index (χ1n) is 6.70. The van der Waals surface area contributed by atoms with Crippen LogP contribution in [0.5, 0.6) is 0 Å². The number of amides is 1. The Bertz CT molecular complexity index is 775. The number of aryl methyl sites for hydroxylation is 1. The van der Waals surface area contributed by atoms with Crippen molar-refractivity contribution < 1.29 is 9.32 Å². The maximum atomic E-state index is 12.3. The molecule has 3 aromatic rings. The third-order valence-electron chi connectivity index (χ3n) is 3.38. The van der Waals surface area contributed by atoms with E-state index in [-0.39, 0.29) is 5.91 Å². The molecular weight excluding hydrogens is 268 g/mol. The molecule has 21 heavy (non-hydrogen) atoms. The molecule has 0 saturated heterocycles. The summed E-state index contributed by atoms with van der Waals surface area (Å²) in [5, 5.41) is 4.88. The highest BCUT2D eigenvalue weighted by Crippen LogP contribution is 2.17. The van der Waals surface area contributed by atoms with Crippen LogP contribution in [-0.2, 0) is 17.8 Å². The molecule has 0 aliphatic carbocycles. The van der Waals surface area contributed by atoms with Gasteiger partial charge in [-0.3, -0.25) is 4.79 Å². The molecule has 0 bridgehead atoms. The Morgan fingerprint density at radius 1 is 1.48 bits per heavy atom. The van der Waals surface area contributed by atoms with Gasteiger partial charge in [0.2, 0.25) is 5.91 Å². The molecule has 0 spiro atoms. The Morgan fingerprint density at radius 2 is 2.33 bits per heavy atom. The van der Waals surface area contributed by atoms with Crippen LogP contribution in [0.2, 0.25) is 0 Å². The van der Waals surface area contributed by atoms with E-state index >= 15 is 0 Å². The number of rotatable bonds is 4. The normalized spacial score (nSPS) is 11.0. The van der Waals surface area contributed by atoms with Crippen molar-refractivity contribution in [3.63, 3.8) is 0 Å². The molecule has 1 amide bonds. The molecule has 3 heterocycles. The Kier molecular flexibility index (Phi) is 3.43. The maximum Gasteiger partial charge on any atom is 0.227 e. The summed E-state index contributed by atoms with van der Waals surface area (Å²) in [7, 11) is 1.76. The largest absolute Gasteiger partial charge is 0.361 e. The van der Waals surface area contributed by atoms with Crippen LogP contribution < -0.4 is 0 Å². The number of likely N-dealkylation sites (N-methyl/N-ethyl adjacent to an activating group) is 1. The zero-order valence-corrected chi connectivity index (χ0v) is 12.0. The highest BCUT2D eigenvalue weighted by Gasteiger charge is 2.14. The molecule has 0 aliphatic heterocycles. The molecule has 0 aliphatic rings. The number of nitrogens with one attached hydrogen (secondary N) is 1. The lowest BCUT2D eigenvalue weighted by atomic mass is 10.1. The van der Waals surface area contributed by atoms with Gasteiger partial charge in [-0.25, -0.2) is 4.98 Å². The number of nitrogens with zero attached hydrogens (tertiary/aromatic N) is 3. The van der Waals surface area contributed by atoms with E-state index in [0.717, 1.165) is 28.1 Å². The second-order valence-electron chi connectivity index (χ2n) is 5.07. The number of hydrogen-bond donors (Lipinski definition) is 1. The third kappa shape index (κ3) is 2.79. The number of aromatic nitrogens is 3. The Labute approximate surface area is 121 Å². The number of pyridine rings is 1. The maximum absolute atomic E-state index is 12.3. The summed E-state index contributed by atoms with van der Waals surface area (Å²) in [5.41, 5.74) is 2.50. The minimum atomic E-state index is 0.0282. The van der Waals surface area contributed by atoms with Crippen molar-refractivity contribution in [3.05, 3.63) is 47.6 Å². The molecular formula is C15H16N4O2. The number of H-pyrrole nitrogens is 1. The van der Waals surface area contributed by atoms with Crippen molar-refractivity contribution in [3.8, 4) is 0 Å². The molecule has 108 valence electrons. The molecule has 3 aromatic heterocycles. The van der Waals surface area contributed by atoms with Gasteiger partial charge in [-0.05, 0) is 24.6 Å². The summed E-state index contributed by atoms with van der Waals surface area (Å²) in [6.45, 7) is 2.27. The van der Waals surface area contributed by atoms with E-state index in [4.69, 9.17) is 4.52 Å². The number of fused-ring (bicyclic) bond motifs is 1. The fraction of sp³-hybridized carbons (Fsp3) is 0.267. The van der Waals surface area contributed by atoms with Gasteiger partial charge in [0.15, 0.2) is 0 Å². The first-order valence-corrected chi connectivity index (χ1v) is 6.70. The molecule has 6 nitrogen and oxygen atoms in total. The van der Waals surface area contributed by atoms with Gasteiger partial charge in [0.25, 0.3) is 0 Å². The lowest BCUT2D eigenvalue weighted by molar-refractivity contribution is -0.129. The SMILES string of the molecule is Cc1cc(CN(C)C(=O)Cc2c[nH]c3ncccc23)no1. The molecule has 0 radical (unpaired) electrons. The number of carbonyl (C=O) groups is 1. The summed E-state index contributed by atoms with van der Waals surface area (Å²) in [6, 6.07) is 5.66. The van der Waals surface area contributed by atoms with Crippen LogP contribution in [0.25, 0.3) is 11.0 Å². The highest BCUT2D eigenvalue weighted by molar-refractivity contribution is 5.86. The average molecular weight is 284 g/mol. The second kappa shape index (κ2) is 5.40. The van der Waals surface area contributed by atoms with Crippen molar-refractivity contribution in [1.82, 2.24) is 20.0 Å². The Balaban J connectivity index is 1.70. The van der Waals surface area contributed by atoms with Crippen molar-refractivity contribution in [2.24, 2.45) is 0 Å². The summed E-state index contributed by atoms with van der Waals surface area (Å²) >= 11 is 0. The highest BCUT2D eigenvalue weighted by atomic mass is 16.5. The topological polar surface area (TPSA) is 75.0 Å². The predicted molar refractivity (Wildman–Crippen MR) is 77.5 cm³/mol. The predicted octanol–water partition coefficient (Wildman–Crippen LogP) is 2.06. The van der Waals surface area contributed by atoms with Crippen LogP contribution in [0.15, 0.2) is 35.1 Å². The minimum absolute atomic E-state index is 0.0282. The van der Waals surface area contributed by atoms with E-state index in [1.807, 2.05) is 31.3 Å². The Hall–Kier alpha value is -2.63. The van der Waals surface area contributed by atoms with E-state index in [1.165, 1.54) is 0 Å². The Morgan fingerprint density at radius 3 is 3.10 bits per heavy atom. The molecule has 6 heteroatoms. The lowest BCUT2D eigenvalue weighted by Gasteiger charge is -2.15. The van der Waals surface area contributed by atoms with E-state index in [0.29, 0.717) is 13.0 Å². The van der Waals surface area contributed by atoms with Gasteiger partial charge in [0, 0.05) is 30.9 Å². The van der Waals surface area contributed by atoms with Gasteiger partial charge in [-0.1, -0.05) is 5.16 Å². The molecule has 0 unspecified atom stereocenters. The van der Waals surface area contributed by atoms with Gasteiger partial charge in [-0.15, -0.1) is 0 Å². The molecule has 3 rings (SSSR count). The first-order chi connectivity index (χ1) is 10.1. The van der Waals surface area contributed by atoms with Crippen molar-refractivity contribution >= 4 is 16.9 Å². The van der Waals surface area contributed by atoms with Crippen LogP contribution in [-0.4, -0.2) is 33.0 Å². The zero-order valence-electron chi connectivity index (χ0n) is 12.0. The van der Waals surface area contributed by atoms with Crippen LogP contribution in [0.1, 0.15) is 17.0 Å². The van der Waals surface area contributed by atoms with Gasteiger partial charge in [0.05, 0.1) is 13.0 Å². The summed E-state index contributed by atoms with van der Waals surface area (Å²) in [6.07, 6.45) is 3.89.